The molecule has 1 N–H and O–H groups in total. The van der Waals surface area contributed by atoms with Gasteiger partial charge in [0.2, 0.25) is 5.95 Å². The SMILES string of the molecule is CO[C@@](C)(C(=O)N[C@H]1CCCN(c2ncccn2)C1)c1ccccc1. The Kier molecular flexibility index (Phi) is 5.28. The topological polar surface area (TPSA) is 67.3 Å². The molecule has 2 aromatic rings. The fourth-order valence-electron chi connectivity index (χ4n) is 3.15. The third-order valence-corrected chi connectivity index (χ3v) is 4.76. The largest absolute Gasteiger partial charge is 0.364 e. The lowest BCUT2D eigenvalue weighted by molar-refractivity contribution is -0.143. The van der Waals surface area contributed by atoms with E-state index in [1.165, 1.54) is 0 Å². The first-order valence-electron chi connectivity index (χ1n) is 8.57. The lowest BCUT2D eigenvalue weighted by atomic mass is 9.93. The van der Waals surface area contributed by atoms with E-state index in [2.05, 4.69) is 20.2 Å². The number of ether oxygens (including phenoxy) is 1. The number of carbonyl (C=O) groups is 1. The van der Waals surface area contributed by atoms with Crippen molar-refractivity contribution in [1.29, 1.82) is 0 Å². The maximum absolute atomic E-state index is 12.9. The van der Waals surface area contributed by atoms with Crippen molar-refractivity contribution in [3.05, 3.63) is 54.4 Å². The molecule has 1 aromatic carbocycles. The van der Waals surface area contributed by atoms with Crippen molar-refractivity contribution >= 4 is 11.9 Å². The van der Waals surface area contributed by atoms with Crippen molar-refractivity contribution in [3.8, 4) is 0 Å². The molecule has 6 heteroatoms. The number of carbonyl (C=O) groups excluding carboxylic acids is 1. The summed E-state index contributed by atoms with van der Waals surface area (Å²) in [5, 5.41) is 3.15. The van der Waals surface area contributed by atoms with E-state index < -0.39 is 5.60 Å². The smallest absolute Gasteiger partial charge is 0.256 e. The van der Waals surface area contributed by atoms with Crippen LogP contribution in [0.5, 0.6) is 0 Å². The van der Waals surface area contributed by atoms with Gasteiger partial charge in [-0.05, 0) is 31.4 Å². The van der Waals surface area contributed by atoms with Crippen LogP contribution < -0.4 is 10.2 Å². The predicted molar refractivity (Wildman–Crippen MR) is 96.2 cm³/mol. The van der Waals surface area contributed by atoms with Gasteiger partial charge in [0.15, 0.2) is 5.60 Å². The first-order valence-corrected chi connectivity index (χ1v) is 8.57. The van der Waals surface area contributed by atoms with E-state index >= 15 is 0 Å². The molecular formula is C19H24N4O2. The number of rotatable bonds is 5. The Hall–Kier alpha value is -2.47. The lowest BCUT2D eigenvalue weighted by Crippen LogP contribution is -2.53. The summed E-state index contributed by atoms with van der Waals surface area (Å²) >= 11 is 0. The molecule has 1 amide bonds. The zero-order chi connectivity index (χ0) is 17.7. The van der Waals surface area contributed by atoms with E-state index in [0.29, 0.717) is 12.5 Å². The normalized spacial score (nSPS) is 19.9. The number of piperidine rings is 1. The van der Waals surface area contributed by atoms with Crippen LogP contribution in [0.4, 0.5) is 5.95 Å². The molecular weight excluding hydrogens is 316 g/mol. The van der Waals surface area contributed by atoms with Gasteiger partial charge in [0, 0.05) is 38.6 Å². The minimum absolute atomic E-state index is 0.0447. The molecule has 0 radical (unpaired) electrons. The summed E-state index contributed by atoms with van der Waals surface area (Å²) in [5.41, 5.74) is -0.165. The number of nitrogens with zero attached hydrogens (tertiary/aromatic N) is 3. The van der Waals surface area contributed by atoms with Crippen LogP contribution in [-0.4, -0.2) is 42.1 Å². The van der Waals surface area contributed by atoms with Crippen LogP contribution in [0, 0.1) is 0 Å². The Morgan fingerprint density at radius 2 is 1.96 bits per heavy atom. The van der Waals surface area contributed by atoms with Gasteiger partial charge in [-0.25, -0.2) is 9.97 Å². The maximum atomic E-state index is 12.9. The molecule has 0 saturated carbocycles. The predicted octanol–water partition coefficient (Wildman–Crippen LogP) is 2.12. The number of methoxy groups -OCH3 is 1. The van der Waals surface area contributed by atoms with Crippen molar-refractivity contribution in [1.82, 2.24) is 15.3 Å². The lowest BCUT2D eigenvalue weighted by Gasteiger charge is -2.35. The molecule has 0 unspecified atom stereocenters. The highest BCUT2D eigenvalue weighted by Gasteiger charge is 2.37. The summed E-state index contributed by atoms with van der Waals surface area (Å²) in [4.78, 5) is 23.6. The highest BCUT2D eigenvalue weighted by molar-refractivity contribution is 5.86. The third kappa shape index (κ3) is 3.79. The zero-order valence-corrected chi connectivity index (χ0v) is 14.7. The van der Waals surface area contributed by atoms with Crippen LogP contribution in [0.25, 0.3) is 0 Å². The van der Waals surface area contributed by atoms with Gasteiger partial charge in [0.1, 0.15) is 0 Å². The van der Waals surface area contributed by atoms with Crippen molar-refractivity contribution < 1.29 is 9.53 Å². The van der Waals surface area contributed by atoms with Crippen LogP contribution in [-0.2, 0) is 15.1 Å². The van der Waals surface area contributed by atoms with Gasteiger partial charge in [-0.1, -0.05) is 30.3 Å². The Morgan fingerprint density at radius 3 is 2.64 bits per heavy atom. The Morgan fingerprint density at radius 1 is 1.24 bits per heavy atom. The minimum atomic E-state index is -1.01. The van der Waals surface area contributed by atoms with E-state index in [9.17, 15) is 4.79 Å². The third-order valence-electron chi connectivity index (χ3n) is 4.76. The average molecular weight is 340 g/mol. The first kappa shape index (κ1) is 17.4. The summed E-state index contributed by atoms with van der Waals surface area (Å²) in [6.45, 7) is 3.40. The molecule has 25 heavy (non-hydrogen) atoms. The summed E-state index contributed by atoms with van der Waals surface area (Å²) in [7, 11) is 1.57. The summed E-state index contributed by atoms with van der Waals surface area (Å²) < 4.78 is 5.59. The Labute approximate surface area is 148 Å². The second kappa shape index (κ2) is 7.61. The van der Waals surface area contributed by atoms with Crippen molar-refractivity contribution in [2.45, 2.75) is 31.4 Å². The van der Waals surface area contributed by atoms with Crippen LogP contribution in [0.3, 0.4) is 0 Å². The number of anilines is 1. The van der Waals surface area contributed by atoms with Gasteiger partial charge in [0.25, 0.3) is 5.91 Å². The van der Waals surface area contributed by atoms with E-state index in [1.54, 1.807) is 32.5 Å². The van der Waals surface area contributed by atoms with Gasteiger partial charge in [-0.15, -0.1) is 0 Å². The maximum Gasteiger partial charge on any atom is 0.256 e. The molecule has 1 aliphatic heterocycles. The molecule has 3 rings (SSSR count). The molecule has 6 nitrogen and oxygen atoms in total. The van der Waals surface area contributed by atoms with E-state index in [1.807, 2.05) is 30.3 Å². The number of nitrogens with one attached hydrogen (secondary N) is 1. The molecule has 0 aliphatic carbocycles. The zero-order valence-electron chi connectivity index (χ0n) is 14.7. The highest BCUT2D eigenvalue weighted by atomic mass is 16.5. The molecule has 1 fully saturated rings. The van der Waals surface area contributed by atoms with Gasteiger partial charge >= 0.3 is 0 Å². The number of benzene rings is 1. The molecule has 1 saturated heterocycles. The van der Waals surface area contributed by atoms with Crippen LogP contribution in [0.1, 0.15) is 25.3 Å². The van der Waals surface area contributed by atoms with Gasteiger partial charge in [0.05, 0.1) is 0 Å². The Balaban J connectivity index is 1.69. The van der Waals surface area contributed by atoms with E-state index in [-0.39, 0.29) is 11.9 Å². The molecule has 0 spiro atoms. The minimum Gasteiger partial charge on any atom is -0.364 e. The molecule has 2 atom stereocenters. The molecule has 1 aromatic heterocycles. The Bertz CT molecular complexity index is 695. The van der Waals surface area contributed by atoms with E-state index in [4.69, 9.17) is 4.74 Å². The van der Waals surface area contributed by atoms with Crippen LogP contribution >= 0.6 is 0 Å². The fourth-order valence-corrected chi connectivity index (χ4v) is 3.15. The van der Waals surface area contributed by atoms with Crippen LogP contribution in [0.15, 0.2) is 48.8 Å². The number of aromatic nitrogens is 2. The molecule has 2 heterocycles. The monoisotopic (exact) mass is 340 g/mol. The average Bonchev–Trinajstić information content (AvgIpc) is 2.69. The first-order chi connectivity index (χ1) is 12.1. The molecule has 1 aliphatic rings. The van der Waals surface area contributed by atoms with Crippen LogP contribution in [0.2, 0.25) is 0 Å². The number of amides is 1. The second-order valence-electron chi connectivity index (χ2n) is 6.41. The summed E-state index contributed by atoms with van der Waals surface area (Å²) in [6.07, 6.45) is 5.39. The van der Waals surface area contributed by atoms with Crippen molar-refractivity contribution in [2.75, 3.05) is 25.1 Å². The van der Waals surface area contributed by atoms with Crippen molar-refractivity contribution in [2.24, 2.45) is 0 Å². The molecule has 0 bridgehead atoms. The number of hydrogen-bond acceptors (Lipinski definition) is 5. The molecule has 132 valence electrons. The standard InChI is InChI=1S/C19H24N4O2/c1-19(25-2,15-8-4-3-5-9-15)17(24)22-16-10-6-13-23(14-16)18-20-11-7-12-21-18/h3-5,7-9,11-12,16H,6,10,13-14H2,1-2H3,(H,22,24)/t16-,19+/m0/s1. The van der Waals surface area contributed by atoms with Crippen molar-refractivity contribution in [3.63, 3.8) is 0 Å². The summed E-state index contributed by atoms with van der Waals surface area (Å²) in [6, 6.07) is 11.4. The van der Waals surface area contributed by atoms with Gasteiger partial charge < -0.3 is 15.0 Å². The van der Waals surface area contributed by atoms with Gasteiger partial charge in [-0.2, -0.15) is 0 Å². The second-order valence-corrected chi connectivity index (χ2v) is 6.41. The highest BCUT2D eigenvalue weighted by Crippen LogP contribution is 2.25. The number of hydrogen-bond donors (Lipinski definition) is 1. The fraction of sp³-hybridized carbons (Fsp3) is 0.421. The quantitative estimate of drug-likeness (QED) is 0.903. The van der Waals surface area contributed by atoms with E-state index in [0.717, 1.165) is 24.9 Å². The van der Waals surface area contributed by atoms with Gasteiger partial charge in [-0.3, -0.25) is 4.79 Å². The summed E-state index contributed by atoms with van der Waals surface area (Å²) in [5.74, 6) is 0.584.